The van der Waals surface area contributed by atoms with Crippen LogP contribution in [0, 0.1) is 0 Å². The highest BCUT2D eigenvalue weighted by atomic mass is 35.5. The summed E-state index contributed by atoms with van der Waals surface area (Å²) < 4.78 is 0. The maximum absolute atomic E-state index is 12.3. The van der Waals surface area contributed by atoms with Gasteiger partial charge in [0.15, 0.2) is 5.78 Å². The Morgan fingerprint density at radius 3 is 2.33 bits per heavy atom. The van der Waals surface area contributed by atoms with Crippen LogP contribution in [-0.4, -0.2) is 29.3 Å². The number of rotatable bonds is 3. The Labute approximate surface area is 121 Å². The van der Waals surface area contributed by atoms with Crippen molar-refractivity contribution in [1.29, 1.82) is 0 Å². The molecule has 18 heavy (non-hydrogen) atoms. The SMILES string of the molecule is CC(C(=O)c1cccc(Cl)c1)N(C)C(C)(C)C.Cl. The van der Waals surface area contributed by atoms with E-state index in [0.29, 0.717) is 10.6 Å². The minimum absolute atomic E-state index is 0. The third kappa shape index (κ3) is 4.27. The number of benzene rings is 1. The van der Waals surface area contributed by atoms with Gasteiger partial charge in [0.25, 0.3) is 0 Å². The lowest BCUT2D eigenvalue weighted by molar-refractivity contribution is 0.0726. The lowest BCUT2D eigenvalue weighted by Gasteiger charge is -2.36. The van der Waals surface area contributed by atoms with Gasteiger partial charge in [0.2, 0.25) is 0 Å². The first-order chi connectivity index (χ1) is 7.73. The lowest BCUT2D eigenvalue weighted by Crippen LogP contribution is -2.47. The van der Waals surface area contributed by atoms with Crippen molar-refractivity contribution < 1.29 is 4.79 Å². The maximum Gasteiger partial charge on any atom is 0.179 e. The molecule has 0 saturated carbocycles. The smallest absolute Gasteiger partial charge is 0.179 e. The molecule has 0 radical (unpaired) electrons. The molecule has 1 aromatic rings. The Bertz CT molecular complexity index is 413. The lowest BCUT2D eigenvalue weighted by atomic mass is 9.99. The highest BCUT2D eigenvalue weighted by Crippen LogP contribution is 2.19. The van der Waals surface area contributed by atoms with Gasteiger partial charge in [-0.25, -0.2) is 0 Å². The van der Waals surface area contributed by atoms with Crippen LogP contribution in [0.3, 0.4) is 0 Å². The van der Waals surface area contributed by atoms with Crippen LogP contribution < -0.4 is 0 Å². The summed E-state index contributed by atoms with van der Waals surface area (Å²) in [4.78, 5) is 14.4. The number of hydrogen-bond acceptors (Lipinski definition) is 2. The summed E-state index contributed by atoms with van der Waals surface area (Å²) in [7, 11) is 1.97. The molecule has 1 unspecified atom stereocenters. The summed E-state index contributed by atoms with van der Waals surface area (Å²) in [5.41, 5.74) is 0.634. The molecular weight excluding hydrogens is 269 g/mol. The molecule has 1 atom stereocenters. The zero-order valence-corrected chi connectivity index (χ0v) is 13.1. The van der Waals surface area contributed by atoms with Gasteiger partial charge in [-0.05, 0) is 46.9 Å². The Balaban J connectivity index is 0.00000289. The van der Waals surface area contributed by atoms with E-state index in [-0.39, 0.29) is 29.8 Å². The molecule has 4 heteroatoms. The number of Topliss-reactive ketones (excluding diaryl/α,β-unsaturated/α-hetero) is 1. The Kier molecular flexibility index (Phi) is 6.35. The standard InChI is InChI=1S/C14H20ClNO.ClH/c1-10(16(5)14(2,3)4)13(17)11-7-6-8-12(15)9-11;/h6-10H,1-5H3;1H. The van der Waals surface area contributed by atoms with E-state index in [2.05, 4.69) is 25.7 Å². The zero-order valence-electron chi connectivity index (χ0n) is 11.5. The predicted molar refractivity (Wildman–Crippen MR) is 80.0 cm³/mol. The van der Waals surface area contributed by atoms with Crippen molar-refractivity contribution in [3.8, 4) is 0 Å². The second-order valence-corrected chi connectivity index (χ2v) is 5.77. The van der Waals surface area contributed by atoms with E-state index in [1.54, 1.807) is 24.3 Å². The number of ketones is 1. The minimum Gasteiger partial charge on any atom is -0.292 e. The van der Waals surface area contributed by atoms with Gasteiger partial charge >= 0.3 is 0 Å². The summed E-state index contributed by atoms with van der Waals surface area (Å²) in [6, 6.07) is 6.95. The fourth-order valence-corrected chi connectivity index (χ4v) is 1.83. The maximum atomic E-state index is 12.3. The van der Waals surface area contributed by atoms with Gasteiger partial charge in [-0.1, -0.05) is 23.7 Å². The predicted octanol–water partition coefficient (Wildman–Crippen LogP) is 4.06. The molecule has 0 spiro atoms. The molecule has 0 fully saturated rings. The first-order valence-electron chi connectivity index (χ1n) is 5.76. The average Bonchev–Trinajstić information content (AvgIpc) is 2.25. The van der Waals surface area contributed by atoms with Gasteiger partial charge in [-0.3, -0.25) is 9.69 Å². The highest BCUT2D eigenvalue weighted by Gasteiger charge is 2.27. The first-order valence-corrected chi connectivity index (χ1v) is 6.14. The molecule has 0 N–H and O–H groups in total. The van der Waals surface area contributed by atoms with Gasteiger partial charge in [-0.2, -0.15) is 0 Å². The average molecular weight is 290 g/mol. The van der Waals surface area contributed by atoms with E-state index in [4.69, 9.17) is 11.6 Å². The van der Waals surface area contributed by atoms with E-state index in [1.165, 1.54) is 0 Å². The molecule has 102 valence electrons. The van der Waals surface area contributed by atoms with Crippen LogP contribution in [-0.2, 0) is 0 Å². The molecule has 1 rings (SSSR count). The zero-order chi connectivity index (χ0) is 13.2. The number of likely N-dealkylation sites (N-methyl/N-ethyl adjacent to an activating group) is 1. The van der Waals surface area contributed by atoms with Gasteiger partial charge in [0.1, 0.15) is 0 Å². The normalized spacial score (nSPS) is 13.1. The van der Waals surface area contributed by atoms with Crippen LogP contribution in [0.2, 0.25) is 5.02 Å². The first kappa shape index (κ1) is 17.4. The van der Waals surface area contributed by atoms with E-state index in [0.717, 1.165) is 0 Å². The molecule has 1 aromatic carbocycles. The van der Waals surface area contributed by atoms with Gasteiger partial charge in [0.05, 0.1) is 6.04 Å². The molecule has 0 aliphatic rings. The molecule has 0 amide bonds. The Hall–Kier alpha value is -0.570. The molecule has 0 bridgehead atoms. The number of halogens is 2. The Morgan fingerprint density at radius 2 is 1.89 bits per heavy atom. The van der Waals surface area contributed by atoms with E-state index in [9.17, 15) is 4.79 Å². The van der Waals surface area contributed by atoms with Crippen molar-refractivity contribution in [3.05, 3.63) is 34.9 Å². The van der Waals surface area contributed by atoms with Crippen molar-refractivity contribution in [2.24, 2.45) is 0 Å². The molecule has 2 nitrogen and oxygen atoms in total. The van der Waals surface area contributed by atoms with E-state index >= 15 is 0 Å². The minimum atomic E-state index is -0.159. The number of carbonyl (C=O) groups is 1. The summed E-state index contributed by atoms with van der Waals surface area (Å²) in [5, 5.41) is 0.599. The van der Waals surface area contributed by atoms with Crippen molar-refractivity contribution in [3.63, 3.8) is 0 Å². The van der Waals surface area contributed by atoms with Crippen LogP contribution in [0.25, 0.3) is 0 Å². The molecule has 0 aromatic heterocycles. The van der Waals surface area contributed by atoms with Crippen molar-refractivity contribution in [2.45, 2.75) is 39.3 Å². The van der Waals surface area contributed by atoms with Crippen LogP contribution >= 0.6 is 24.0 Å². The summed E-state index contributed by atoms with van der Waals surface area (Å²) in [6.07, 6.45) is 0. The third-order valence-corrected chi connectivity index (χ3v) is 3.36. The van der Waals surface area contributed by atoms with Crippen LogP contribution in [0.1, 0.15) is 38.1 Å². The van der Waals surface area contributed by atoms with Crippen molar-refractivity contribution in [1.82, 2.24) is 4.90 Å². The van der Waals surface area contributed by atoms with E-state index < -0.39 is 0 Å². The fraction of sp³-hybridized carbons (Fsp3) is 0.500. The molecule has 0 aliphatic heterocycles. The van der Waals surface area contributed by atoms with Gasteiger partial charge in [0, 0.05) is 16.1 Å². The number of hydrogen-bond donors (Lipinski definition) is 0. The topological polar surface area (TPSA) is 20.3 Å². The molecule has 0 aliphatic carbocycles. The van der Waals surface area contributed by atoms with Crippen molar-refractivity contribution in [2.75, 3.05) is 7.05 Å². The third-order valence-electron chi connectivity index (χ3n) is 3.13. The number of nitrogens with zero attached hydrogens (tertiary/aromatic N) is 1. The molecule has 0 saturated heterocycles. The second kappa shape index (κ2) is 6.55. The number of carbonyl (C=O) groups excluding carboxylic acids is 1. The van der Waals surface area contributed by atoms with Crippen LogP contribution in [0.5, 0.6) is 0 Å². The fourth-order valence-electron chi connectivity index (χ4n) is 1.64. The van der Waals surface area contributed by atoms with Gasteiger partial charge in [-0.15, -0.1) is 12.4 Å². The monoisotopic (exact) mass is 289 g/mol. The quantitative estimate of drug-likeness (QED) is 0.782. The Morgan fingerprint density at radius 1 is 1.33 bits per heavy atom. The largest absolute Gasteiger partial charge is 0.292 e. The van der Waals surface area contributed by atoms with E-state index in [1.807, 2.05) is 14.0 Å². The van der Waals surface area contributed by atoms with Crippen LogP contribution in [0.15, 0.2) is 24.3 Å². The molecular formula is C14H21Cl2NO. The van der Waals surface area contributed by atoms with Crippen molar-refractivity contribution >= 4 is 29.8 Å². The van der Waals surface area contributed by atoms with Gasteiger partial charge < -0.3 is 0 Å². The second-order valence-electron chi connectivity index (χ2n) is 5.33. The molecule has 0 heterocycles. The highest BCUT2D eigenvalue weighted by molar-refractivity contribution is 6.31. The summed E-state index contributed by atoms with van der Waals surface area (Å²) >= 11 is 5.90. The summed E-state index contributed by atoms with van der Waals surface area (Å²) in [5.74, 6) is 0.102. The van der Waals surface area contributed by atoms with Crippen LogP contribution in [0.4, 0.5) is 0 Å². The summed E-state index contributed by atoms with van der Waals surface area (Å²) in [6.45, 7) is 8.20.